The number of thiol groups is 1. The molecule has 1 N–H and O–H groups in total. The molecule has 8 nitrogen and oxygen atoms in total. The number of hydrogen-bond donors (Lipinski definition) is 2. The lowest BCUT2D eigenvalue weighted by Crippen LogP contribution is -2.48. The van der Waals surface area contributed by atoms with E-state index in [4.69, 9.17) is 4.98 Å². The number of amides is 1. The lowest BCUT2D eigenvalue weighted by molar-refractivity contribution is -0.117. The number of nitrogens with zero attached hydrogens (tertiary/aromatic N) is 3. The average Bonchev–Trinajstić information content (AvgIpc) is 3.25. The number of benzene rings is 1. The molecule has 2 heterocycles. The van der Waals surface area contributed by atoms with Crippen LogP contribution in [0.4, 0.5) is 10.7 Å². The van der Waals surface area contributed by atoms with E-state index in [1.807, 2.05) is 45.2 Å². The summed E-state index contributed by atoms with van der Waals surface area (Å²) in [5, 5.41) is 4.35. The van der Waals surface area contributed by atoms with Gasteiger partial charge in [0.2, 0.25) is 5.91 Å². The molecule has 0 bridgehead atoms. The second-order valence-corrected chi connectivity index (χ2v) is 9.51. The molecule has 0 saturated heterocycles. The molecule has 30 heavy (non-hydrogen) atoms. The minimum atomic E-state index is -3.02. The van der Waals surface area contributed by atoms with Gasteiger partial charge < -0.3 is 0 Å². The molecular weight excluding hydrogens is 444 g/mol. The van der Waals surface area contributed by atoms with Crippen LogP contribution in [0.2, 0.25) is 0 Å². The number of anilines is 2. The highest BCUT2D eigenvalue weighted by Crippen LogP contribution is 2.43. The van der Waals surface area contributed by atoms with E-state index in [0.717, 1.165) is 32.0 Å². The number of carbonyl (C=O) groups is 1. The van der Waals surface area contributed by atoms with Crippen molar-refractivity contribution in [2.24, 2.45) is 0 Å². The lowest BCUT2D eigenvalue weighted by atomic mass is 9.90. The summed E-state index contributed by atoms with van der Waals surface area (Å²) in [5.41, 5.74) is 4.40. The van der Waals surface area contributed by atoms with E-state index in [2.05, 4.69) is 14.7 Å². The molecule has 11 heteroatoms. The topological polar surface area (TPSA) is 101 Å². The van der Waals surface area contributed by atoms with E-state index in [0.29, 0.717) is 5.69 Å². The summed E-state index contributed by atoms with van der Waals surface area (Å²) in [5.74, 6) is -0.133. The van der Waals surface area contributed by atoms with Crippen molar-refractivity contribution >= 4 is 50.3 Å². The quantitative estimate of drug-likeness (QED) is 0.404. The molecule has 3 aromatic rings. The molecule has 1 atom stereocenters. The van der Waals surface area contributed by atoms with Gasteiger partial charge in [0.15, 0.2) is 0 Å². The van der Waals surface area contributed by atoms with Crippen LogP contribution in [0.1, 0.15) is 40.8 Å². The molecule has 0 radical (unpaired) electrons. The Hall–Kier alpha value is -2.34. The van der Waals surface area contributed by atoms with Gasteiger partial charge >= 0.3 is 0 Å². The van der Waals surface area contributed by atoms with Crippen molar-refractivity contribution in [3.05, 3.63) is 56.6 Å². The minimum absolute atomic E-state index is 0.133. The lowest BCUT2D eigenvalue weighted by Gasteiger charge is -2.39. The zero-order valence-corrected chi connectivity index (χ0v) is 19.7. The molecule has 1 amide bonds. The average molecular weight is 467 g/mol. The molecule has 2 aromatic heterocycles. The van der Waals surface area contributed by atoms with Gasteiger partial charge in [-0.2, -0.15) is 4.28 Å². The van der Waals surface area contributed by atoms with E-state index in [9.17, 15) is 13.2 Å². The van der Waals surface area contributed by atoms with Crippen molar-refractivity contribution in [1.82, 2.24) is 9.97 Å². The third-order valence-electron chi connectivity index (χ3n) is 4.56. The molecule has 0 aliphatic heterocycles. The SMILES string of the molecule is CC(=O)N(c1sc(C)nc1C)[C@@](C)(c1ccc(NO[SH](=O)=O)cc1)c1nc(C)cs1. The number of hydrogen-bond acceptors (Lipinski definition) is 9. The summed E-state index contributed by atoms with van der Waals surface area (Å²) < 4.78 is 25.7. The van der Waals surface area contributed by atoms with Gasteiger partial charge in [-0.05, 0) is 45.4 Å². The second-order valence-electron chi connectivity index (χ2n) is 6.84. The van der Waals surface area contributed by atoms with Crippen LogP contribution in [-0.4, -0.2) is 24.3 Å². The Bertz CT molecular complexity index is 1130. The van der Waals surface area contributed by atoms with E-state index >= 15 is 0 Å². The van der Waals surface area contributed by atoms with Gasteiger partial charge in [-0.25, -0.2) is 23.9 Å². The smallest absolute Gasteiger partial charge is 0.277 e. The van der Waals surface area contributed by atoms with Gasteiger partial charge in [0, 0.05) is 18.0 Å². The highest BCUT2D eigenvalue weighted by Gasteiger charge is 2.42. The largest absolute Gasteiger partial charge is 0.286 e. The number of rotatable bonds is 7. The van der Waals surface area contributed by atoms with Crippen molar-refractivity contribution in [3.63, 3.8) is 0 Å². The minimum Gasteiger partial charge on any atom is -0.286 e. The van der Waals surface area contributed by atoms with Crippen molar-refractivity contribution in [1.29, 1.82) is 0 Å². The normalized spacial score (nSPS) is 13.3. The van der Waals surface area contributed by atoms with Crippen LogP contribution in [0.15, 0.2) is 29.6 Å². The maximum atomic E-state index is 12.9. The van der Waals surface area contributed by atoms with Crippen LogP contribution in [0.3, 0.4) is 0 Å². The number of thiazole rings is 2. The summed E-state index contributed by atoms with van der Waals surface area (Å²) in [6, 6.07) is 7.02. The van der Waals surface area contributed by atoms with Gasteiger partial charge in [-0.15, -0.1) is 22.7 Å². The van der Waals surface area contributed by atoms with Gasteiger partial charge in [0.05, 0.1) is 16.4 Å². The molecule has 0 aliphatic carbocycles. The molecule has 0 fully saturated rings. The monoisotopic (exact) mass is 466 g/mol. The first-order valence-corrected chi connectivity index (χ1v) is 11.8. The van der Waals surface area contributed by atoms with Crippen LogP contribution in [0.25, 0.3) is 0 Å². The van der Waals surface area contributed by atoms with Gasteiger partial charge in [0.25, 0.3) is 11.0 Å². The maximum absolute atomic E-state index is 12.9. The first-order chi connectivity index (χ1) is 14.1. The zero-order chi connectivity index (χ0) is 22.1. The van der Waals surface area contributed by atoms with Crippen molar-refractivity contribution in [2.45, 2.75) is 40.2 Å². The van der Waals surface area contributed by atoms with Crippen LogP contribution >= 0.6 is 22.7 Å². The number of aromatic nitrogens is 2. The predicted octanol–water partition coefficient (Wildman–Crippen LogP) is 3.71. The van der Waals surface area contributed by atoms with Crippen LogP contribution in [0, 0.1) is 20.8 Å². The Morgan fingerprint density at radius 2 is 1.83 bits per heavy atom. The fourth-order valence-corrected chi connectivity index (χ4v) is 5.48. The Labute approximate surface area is 184 Å². The fourth-order valence-electron chi connectivity index (χ4n) is 3.27. The molecular formula is C19H22N4O4S3. The molecule has 1 aromatic carbocycles. The van der Waals surface area contributed by atoms with Gasteiger partial charge in [-0.1, -0.05) is 12.1 Å². The molecule has 0 unspecified atom stereocenters. The van der Waals surface area contributed by atoms with E-state index in [1.54, 1.807) is 17.0 Å². The number of carbonyl (C=O) groups excluding carboxylic acids is 1. The van der Waals surface area contributed by atoms with Crippen molar-refractivity contribution in [2.75, 3.05) is 10.4 Å². The number of nitrogens with one attached hydrogen (secondary N) is 1. The van der Waals surface area contributed by atoms with Crippen LogP contribution in [-0.2, 0) is 25.6 Å². The maximum Gasteiger partial charge on any atom is 0.277 e. The Kier molecular flexibility index (Phi) is 6.56. The zero-order valence-electron chi connectivity index (χ0n) is 17.1. The van der Waals surface area contributed by atoms with Crippen molar-refractivity contribution < 1.29 is 17.5 Å². The predicted molar refractivity (Wildman–Crippen MR) is 120 cm³/mol. The molecule has 3 rings (SSSR count). The van der Waals surface area contributed by atoms with Crippen LogP contribution < -0.4 is 10.4 Å². The molecule has 0 spiro atoms. The standard InChI is InChI=1S/C19H22N4O4S3/c1-11-10-28-18(20-11)19(5,15-6-8-16(9-7-15)22-27-30(25)26)23(14(4)24)17-12(2)21-13(3)29-17/h6-10,22,30H,1-5H3/t19-/m0/s1. The Morgan fingerprint density at radius 3 is 2.30 bits per heavy atom. The van der Waals surface area contributed by atoms with Crippen molar-refractivity contribution in [3.8, 4) is 0 Å². The highest BCUT2D eigenvalue weighted by atomic mass is 32.2. The molecule has 0 aliphatic rings. The fraction of sp³-hybridized carbons (Fsp3) is 0.316. The second kappa shape index (κ2) is 8.80. The molecule has 160 valence electrons. The van der Waals surface area contributed by atoms with E-state index in [-0.39, 0.29) is 5.91 Å². The summed E-state index contributed by atoms with van der Waals surface area (Å²) in [6.45, 7) is 9.19. The van der Waals surface area contributed by atoms with E-state index in [1.165, 1.54) is 29.6 Å². The summed E-state index contributed by atoms with van der Waals surface area (Å²) >= 11 is 2.94. The number of aryl methyl sites for hydroxylation is 3. The summed E-state index contributed by atoms with van der Waals surface area (Å²) in [4.78, 5) is 23.9. The Balaban J connectivity index is 2.16. The third-order valence-corrected chi connectivity index (χ3v) is 7.03. The van der Waals surface area contributed by atoms with Crippen LogP contribution in [0.5, 0.6) is 0 Å². The third kappa shape index (κ3) is 4.38. The first kappa shape index (κ1) is 22.3. The van der Waals surface area contributed by atoms with Gasteiger partial charge in [0.1, 0.15) is 15.5 Å². The summed E-state index contributed by atoms with van der Waals surface area (Å²) in [7, 11) is -3.02. The Morgan fingerprint density at radius 1 is 1.17 bits per heavy atom. The van der Waals surface area contributed by atoms with E-state index < -0.39 is 16.5 Å². The first-order valence-electron chi connectivity index (χ1n) is 8.98. The molecule has 0 saturated carbocycles. The summed E-state index contributed by atoms with van der Waals surface area (Å²) in [6.07, 6.45) is 0. The highest BCUT2D eigenvalue weighted by molar-refractivity contribution is 7.67. The van der Waals surface area contributed by atoms with Gasteiger partial charge in [-0.3, -0.25) is 9.69 Å².